The van der Waals surface area contributed by atoms with Crippen molar-refractivity contribution in [1.29, 1.82) is 0 Å². The van der Waals surface area contributed by atoms with Gasteiger partial charge >= 0.3 is 0 Å². The highest BCUT2D eigenvalue weighted by Crippen LogP contribution is 2.33. The van der Waals surface area contributed by atoms with Crippen molar-refractivity contribution in [3.05, 3.63) is 34.1 Å². The highest BCUT2D eigenvalue weighted by atomic mass is 79.9. The molecular formula is C14H20BrFN2O. The molecule has 1 aliphatic rings. The molecule has 1 saturated heterocycles. The fourth-order valence-corrected chi connectivity index (χ4v) is 2.98. The van der Waals surface area contributed by atoms with E-state index in [1.54, 1.807) is 0 Å². The van der Waals surface area contributed by atoms with Gasteiger partial charge in [-0.25, -0.2) is 4.39 Å². The SMILES string of the molecule is CC(C)N1CCOC(CN)C1c1ccc(Br)cc1F. The predicted octanol–water partition coefficient (Wildman–Crippen LogP) is 2.70. The summed E-state index contributed by atoms with van der Waals surface area (Å²) in [5.41, 5.74) is 6.45. The molecule has 1 aliphatic heterocycles. The molecule has 0 bridgehead atoms. The van der Waals surface area contributed by atoms with E-state index in [1.165, 1.54) is 6.07 Å². The maximum absolute atomic E-state index is 14.2. The van der Waals surface area contributed by atoms with Crippen LogP contribution in [-0.2, 0) is 4.74 Å². The van der Waals surface area contributed by atoms with Crippen LogP contribution in [0.2, 0.25) is 0 Å². The second-order valence-electron chi connectivity index (χ2n) is 5.09. The number of nitrogens with two attached hydrogens (primary N) is 1. The fourth-order valence-electron chi connectivity index (χ4n) is 2.65. The molecule has 1 fully saturated rings. The van der Waals surface area contributed by atoms with Gasteiger partial charge in [-0.05, 0) is 26.0 Å². The van der Waals surface area contributed by atoms with Gasteiger partial charge in [0.05, 0.1) is 18.8 Å². The first-order chi connectivity index (χ1) is 9.04. The van der Waals surface area contributed by atoms with E-state index in [4.69, 9.17) is 10.5 Å². The van der Waals surface area contributed by atoms with Gasteiger partial charge in [-0.2, -0.15) is 0 Å². The van der Waals surface area contributed by atoms with Crippen LogP contribution < -0.4 is 5.73 Å². The number of ether oxygens (including phenoxy) is 1. The van der Waals surface area contributed by atoms with Crippen LogP contribution in [-0.4, -0.2) is 36.7 Å². The Bertz CT molecular complexity index is 441. The lowest BCUT2D eigenvalue weighted by atomic mass is 9.96. The molecule has 2 atom stereocenters. The Balaban J connectivity index is 2.39. The standard InChI is InChI=1S/C14H20BrFN2O/c1-9(2)18-5-6-19-13(8-17)14(18)11-4-3-10(15)7-12(11)16/h3-4,7,9,13-14H,5-6,8,17H2,1-2H3. The van der Waals surface area contributed by atoms with E-state index >= 15 is 0 Å². The van der Waals surface area contributed by atoms with Crippen molar-refractivity contribution < 1.29 is 9.13 Å². The topological polar surface area (TPSA) is 38.5 Å². The van der Waals surface area contributed by atoms with Gasteiger partial charge in [-0.15, -0.1) is 0 Å². The van der Waals surface area contributed by atoms with Gasteiger partial charge < -0.3 is 10.5 Å². The Labute approximate surface area is 122 Å². The molecule has 2 N–H and O–H groups in total. The molecule has 0 radical (unpaired) electrons. The molecule has 0 aromatic heterocycles. The van der Waals surface area contributed by atoms with Crippen LogP contribution in [0.25, 0.3) is 0 Å². The fraction of sp³-hybridized carbons (Fsp3) is 0.571. The van der Waals surface area contributed by atoms with Gasteiger partial charge in [0.2, 0.25) is 0 Å². The summed E-state index contributed by atoms with van der Waals surface area (Å²) in [4.78, 5) is 2.26. The first kappa shape index (κ1) is 14.9. The van der Waals surface area contributed by atoms with Crippen molar-refractivity contribution in [2.45, 2.75) is 32.0 Å². The van der Waals surface area contributed by atoms with Crippen LogP contribution in [0.3, 0.4) is 0 Å². The number of nitrogens with zero attached hydrogens (tertiary/aromatic N) is 1. The third kappa shape index (κ3) is 3.16. The zero-order chi connectivity index (χ0) is 14.0. The predicted molar refractivity (Wildman–Crippen MR) is 77.5 cm³/mol. The third-order valence-electron chi connectivity index (χ3n) is 3.57. The highest BCUT2D eigenvalue weighted by molar-refractivity contribution is 9.10. The van der Waals surface area contributed by atoms with E-state index in [-0.39, 0.29) is 18.0 Å². The minimum absolute atomic E-state index is 0.119. The highest BCUT2D eigenvalue weighted by Gasteiger charge is 2.35. The first-order valence-corrected chi connectivity index (χ1v) is 7.36. The summed E-state index contributed by atoms with van der Waals surface area (Å²) in [6.45, 7) is 6.07. The average Bonchev–Trinajstić information content (AvgIpc) is 2.38. The minimum atomic E-state index is -0.214. The van der Waals surface area contributed by atoms with Gasteiger partial charge in [0.15, 0.2) is 0 Å². The van der Waals surface area contributed by atoms with Crippen molar-refractivity contribution in [2.75, 3.05) is 19.7 Å². The van der Waals surface area contributed by atoms with Crippen LogP contribution in [0.4, 0.5) is 4.39 Å². The van der Waals surface area contributed by atoms with E-state index in [0.717, 1.165) is 11.0 Å². The molecule has 0 aliphatic carbocycles. The smallest absolute Gasteiger partial charge is 0.129 e. The summed E-state index contributed by atoms with van der Waals surface area (Å²) in [7, 11) is 0. The molecule has 19 heavy (non-hydrogen) atoms. The van der Waals surface area contributed by atoms with Crippen LogP contribution in [0.15, 0.2) is 22.7 Å². The van der Waals surface area contributed by atoms with E-state index < -0.39 is 0 Å². The number of benzene rings is 1. The summed E-state index contributed by atoms with van der Waals surface area (Å²) in [5.74, 6) is -0.214. The molecule has 2 rings (SSSR count). The molecule has 3 nitrogen and oxygen atoms in total. The Morgan fingerprint density at radius 1 is 1.53 bits per heavy atom. The number of halogens is 2. The Hall–Kier alpha value is -0.490. The van der Waals surface area contributed by atoms with Crippen LogP contribution >= 0.6 is 15.9 Å². The molecule has 0 saturated carbocycles. The quantitative estimate of drug-likeness (QED) is 0.926. The number of hydrogen-bond acceptors (Lipinski definition) is 3. The summed E-state index contributed by atoms with van der Waals surface area (Å²) in [5, 5.41) is 0. The molecule has 5 heteroatoms. The third-order valence-corrected chi connectivity index (χ3v) is 4.06. The zero-order valence-electron chi connectivity index (χ0n) is 11.3. The van der Waals surface area contributed by atoms with E-state index in [0.29, 0.717) is 24.8 Å². The Morgan fingerprint density at radius 3 is 2.84 bits per heavy atom. The lowest BCUT2D eigenvalue weighted by molar-refractivity contribution is -0.0799. The number of rotatable bonds is 3. The summed E-state index contributed by atoms with van der Waals surface area (Å²) >= 11 is 3.29. The van der Waals surface area contributed by atoms with Gasteiger partial charge in [0.1, 0.15) is 5.82 Å². The largest absolute Gasteiger partial charge is 0.374 e. The molecular weight excluding hydrogens is 311 g/mol. The number of morpholine rings is 1. The van der Waals surface area contributed by atoms with Crippen LogP contribution in [0.1, 0.15) is 25.5 Å². The van der Waals surface area contributed by atoms with Crippen LogP contribution in [0, 0.1) is 5.82 Å². The van der Waals surface area contributed by atoms with Gasteiger partial charge in [0.25, 0.3) is 0 Å². The van der Waals surface area contributed by atoms with Gasteiger partial charge in [0, 0.05) is 29.2 Å². The van der Waals surface area contributed by atoms with Crippen molar-refractivity contribution in [2.24, 2.45) is 5.73 Å². The first-order valence-electron chi connectivity index (χ1n) is 6.57. The maximum Gasteiger partial charge on any atom is 0.129 e. The number of hydrogen-bond donors (Lipinski definition) is 1. The van der Waals surface area contributed by atoms with E-state index in [1.807, 2.05) is 12.1 Å². The molecule has 2 unspecified atom stereocenters. The molecule has 0 amide bonds. The van der Waals surface area contributed by atoms with Crippen LogP contribution in [0.5, 0.6) is 0 Å². The average molecular weight is 331 g/mol. The summed E-state index contributed by atoms with van der Waals surface area (Å²) in [6, 6.07) is 5.38. The van der Waals surface area contributed by atoms with Crippen molar-refractivity contribution >= 4 is 15.9 Å². The minimum Gasteiger partial charge on any atom is -0.374 e. The van der Waals surface area contributed by atoms with E-state index in [9.17, 15) is 4.39 Å². The normalized spacial score (nSPS) is 24.9. The maximum atomic E-state index is 14.2. The monoisotopic (exact) mass is 330 g/mol. The molecule has 0 spiro atoms. The lowest BCUT2D eigenvalue weighted by Gasteiger charge is -2.43. The summed E-state index contributed by atoms with van der Waals surface area (Å²) in [6.07, 6.45) is -0.160. The second kappa shape index (κ2) is 6.31. The Morgan fingerprint density at radius 2 is 2.26 bits per heavy atom. The zero-order valence-corrected chi connectivity index (χ0v) is 12.9. The van der Waals surface area contributed by atoms with Gasteiger partial charge in [-0.3, -0.25) is 4.90 Å². The molecule has 1 aromatic rings. The second-order valence-corrected chi connectivity index (χ2v) is 6.00. The molecule has 106 valence electrons. The molecule has 1 heterocycles. The summed E-state index contributed by atoms with van der Waals surface area (Å²) < 4.78 is 20.7. The molecule has 1 aromatic carbocycles. The van der Waals surface area contributed by atoms with Crippen molar-refractivity contribution in [1.82, 2.24) is 4.90 Å². The van der Waals surface area contributed by atoms with E-state index in [2.05, 4.69) is 34.7 Å². The van der Waals surface area contributed by atoms with Gasteiger partial charge in [-0.1, -0.05) is 22.0 Å². The van der Waals surface area contributed by atoms with Crippen molar-refractivity contribution in [3.63, 3.8) is 0 Å². The van der Waals surface area contributed by atoms with Crippen molar-refractivity contribution in [3.8, 4) is 0 Å². The lowest BCUT2D eigenvalue weighted by Crippen LogP contribution is -2.51. The Kier molecular flexibility index (Phi) is 4.95.